The number of hydrogen-bond donors (Lipinski definition) is 1. The maximum absolute atomic E-state index is 13.0. The Bertz CT molecular complexity index is 1300. The molecule has 0 atom stereocenters. The Labute approximate surface area is 174 Å². The van der Waals surface area contributed by atoms with Crippen LogP contribution in [0.3, 0.4) is 0 Å². The van der Waals surface area contributed by atoms with Crippen LogP contribution in [0.5, 0.6) is 0 Å². The van der Waals surface area contributed by atoms with Gasteiger partial charge in [0.1, 0.15) is 5.52 Å². The van der Waals surface area contributed by atoms with Gasteiger partial charge in [-0.15, -0.1) is 0 Å². The van der Waals surface area contributed by atoms with Crippen LogP contribution in [0.1, 0.15) is 24.4 Å². The molecule has 0 radical (unpaired) electrons. The molecule has 0 amide bonds. The number of nitrogens with zero attached hydrogens (tertiary/aromatic N) is 6. The summed E-state index contributed by atoms with van der Waals surface area (Å²) in [5.74, 6) is 0.487. The van der Waals surface area contributed by atoms with Gasteiger partial charge in [-0.1, -0.05) is 6.07 Å². The highest BCUT2D eigenvalue weighted by atomic mass is 16.1. The molecule has 0 bridgehead atoms. The van der Waals surface area contributed by atoms with Crippen LogP contribution in [0, 0.1) is 6.92 Å². The standard InChI is InChI=1S/C22H25N7O/c1-14-11-18-15(5-4-8-23-18)12-17(14)25-21-24-13-19-20(26-21)29(22(30)28(19)3)16-6-9-27(2)10-7-16/h4-5,8,11-13,16H,6-7,9-10H2,1-3H3,(H,24,25,26). The molecule has 0 spiro atoms. The fourth-order valence-electron chi connectivity index (χ4n) is 4.26. The first kappa shape index (κ1) is 18.7. The number of pyridine rings is 1. The zero-order valence-electron chi connectivity index (χ0n) is 17.5. The number of aryl methyl sites for hydroxylation is 2. The predicted octanol–water partition coefficient (Wildman–Crippen LogP) is 3.00. The highest BCUT2D eigenvalue weighted by molar-refractivity contribution is 5.85. The van der Waals surface area contributed by atoms with Crippen molar-refractivity contribution in [3.63, 3.8) is 0 Å². The molecule has 1 saturated heterocycles. The molecule has 30 heavy (non-hydrogen) atoms. The topological polar surface area (TPSA) is 80.9 Å². The third kappa shape index (κ3) is 3.13. The van der Waals surface area contributed by atoms with Crippen LogP contribution in [0.15, 0.2) is 41.5 Å². The molecule has 0 unspecified atom stereocenters. The van der Waals surface area contributed by atoms with Gasteiger partial charge in [0, 0.05) is 30.4 Å². The number of aromatic nitrogens is 5. The largest absolute Gasteiger partial charge is 0.330 e. The lowest BCUT2D eigenvalue weighted by atomic mass is 10.1. The van der Waals surface area contributed by atoms with Gasteiger partial charge in [-0.05, 0) is 63.7 Å². The second kappa shape index (κ2) is 7.21. The Morgan fingerprint density at radius 1 is 1.13 bits per heavy atom. The Kier molecular flexibility index (Phi) is 4.51. The van der Waals surface area contributed by atoms with Crippen molar-refractivity contribution in [2.24, 2.45) is 7.05 Å². The number of rotatable bonds is 3. The monoisotopic (exact) mass is 403 g/mol. The van der Waals surface area contributed by atoms with Gasteiger partial charge in [-0.2, -0.15) is 4.98 Å². The molecule has 1 aliphatic rings. The number of anilines is 2. The van der Waals surface area contributed by atoms with Crippen LogP contribution in [-0.4, -0.2) is 49.1 Å². The van der Waals surface area contributed by atoms with E-state index in [9.17, 15) is 4.79 Å². The molecule has 8 heteroatoms. The number of fused-ring (bicyclic) bond motifs is 2. The van der Waals surface area contributed by atoms with Gasteiger partial charge in [0.25, 0.3) is 0 Å². The zero-order chi connectivity index (χ0) is 20.8. The van der Waals surface area contributed by atoms with Crippen molar-refractivity contribution < 1.29 is 0 Å². The fraction of sp³-hybridized carbons (Fsp3) is 0.364. The van der Waals surface area contributed by atoms with E-state index in [2.05, 4.69) is 33.3 Å². The number of piperidine rings is 1. The van der Waals surface area contributed by atoms with Crippen LogP contribution in [-0.2, 0) is 7.05 Å². The highest BCUT2D eigenvalue weighted by Crippen LogP contribution is 2.27. The van der Waals surface area contributed by atoms with Gasteiger partial charge in [-0.3, -0.25) is 14.1 Å². The fourth-order valence-corrected chi connectivity index (χ4v) is 4.26. The average molecular weight is 403 g/mol. The molecule has 1 N–H and O–H groups in total. The van der Waals surface area contributed by atoms with E-state index in [0.29, 0.717) is 11.6 Å². The highest BCUT2D eigenvalue weighted by Gasteiger charge is 2.24. The van der Waals surface area contributed by atoms with E-state index in [0.717, 1.165) is 53.6 Å². The number of likely N-dealkylation sites (tertiary alicyclic amines) is 1. The van der Waals surface area contributed by atoms with E-state index < -0.39 is 0 Å². The summed E-state index contributed by atoms with van der Waals surface area (Å²) in [7, 11) is 3.90. The zero-order valence-corrected chi connectivity index (χ0v) is 17.5. The molecule has 0 aliphatic carbocycles. The summed E-state index contributed by atoms with van der Waals surface area (Å²) in [4.78, 5) is 28.9. The molecule has 154 valence electrons. The Morgan fingerprint density at radius 2 is 1.93 bits per heavy atom. The smallest absolute Gasteiger partial charge is 0.324 e. The second-order valence-electron chi connectivity index (χ2n) is 8.14. The molecule has 4 aromatic rings. The lowest BCUT2D eigenvalue weighted by Crippen LogP contribution is -2.35. The van der Waals surface area contributed by atoms with Crippen molar-refractivity contribution in [2.45, 2.75) is 25.8 Å². The maximum Gasteiger partial charge on any atom is 0.330 e. The lowest BCUT2D eigenvalue weighted by molar-refractivity contribution is 0.220. The Morgan fingerprint density at radius 3 is 2.73 bits per heavy atom. The number of benzene rings is 1. The Balaban J connectivity index is 1.56. The maximum atomic E-state index is 13.0. The normalized spacial score (nSPS) is 15.8. The predicted molar refractivity (Wildman–Crippen MR) is 118 cm³/mol. The summed E-state index contributed by atoms with van der Waals surface area (Å²) < 4.78 is 3.50. The van der Waals surface area contributed by atoms with Gasteiger partial charge >= 0.3 is 5.69 Å². The Hall–Kier alpha value is -3.26. The van der Waals surface area contributed by atoms with Crippen LogP contribution >= 0.6 is 0 Å². The number of imidazole rings is 1. The first-order valence-electron chi connectivity index (χ1n) is 10.3. The van der Waals surface area contributed by atoms with Crippen LogP contribution in [0.25, 0.3) is 22.1 Å². The van der Waals surface area contributed by atoms with E-state index in [-0.39, 0.29) is 11.7 Å². The number of hydrogen-bond acceptors (Lipinski definition) is 6. The minimum Gasteiger partial charge on any atom is -0.324 e. The third-order valence-electron chi connectivity index (χ3n) is 6.08. The summed E-state index contributed by atoms with van der Waals surface area (Å²) >= 11 is 0. The van der Waals surface area contributed by atoms with Crippen molar-refractivity contribution in [2.75, 3.05) is 25.5 Å². The molecule has 5 rings (SSSR count). The van der Waals surface area contributed by atoms with Gasteiger partial charge in [0.05, 0.1) is 11.7 Å². The van der Waals surface area contributed by atoms with Crippen molar-refractivity contribution >= 4 is 33.7 Å². The summed E-state index contributed by atoms with van der Waals surface area (Å²) in [5, 5.41) is 4.39. The first-order valence-corrected chi connectivity index (χ1v) is 10.3. The molecule has 3 aromatic heterocycles. The van der Waals surface area contributed by atoms with Crippen molar-refractivity contribution in [1.82, 2.24) is 29.0 Å². The van der Waals surface area contributed by atoms with Gasteiger partial charge in [0.15, 0.2) is 5.65 Å². The van der Waals surface area contributed by atoms with E-state index in [4.69, 9.17) is 4.98 Å². The van der Waals surface area contributed by atoms with E-state index in [1.54, 1.807) is 24.0 Å². The molecule has 8 nitrogen and oxygen atoms in total. The average Bonchev–Trinajstić information content (AvgIpc) is 2.99. The third-order valence-corrected chi connectivity index (χ3v) is 6.08. The molecule has 4 heterocycles. The van der Waals surface area contributed by atoms with Crippen molar-refractivity contribution in [3.05, 3.63) is 52.7 Å². The molecule has 1 fully saturated rings. The van der Waals surface area contributed by atoms with E-state index >= 15 is 0 Å². The van der Waals surface area contributed by atoms with E-state index in [1.165, 1.54) is 0 Å². The molecule has 1 aromatic carbocycles. The van der Waals surface area contributed by atoms with Gasteiger partial charge in [-0.25, -0.2) is 9.78 Å². The quantitative estimate of drug-likeness (QED) is 0.566. The van der Waals surface area contributed by atoms with Crippen molar-refractivity contribution in [3.8, 4) is 0 Å². The van der Waals surface area contributed by atoms with Crippen molar-refractivity contribution in [1.29, 1.82) is 0 Å². The minimum atomic E-state index is -0.0287. The molecule has 1 aliphatic heterocycles. The van der Waals surface area contributed by atoms with Crippen LogP contribution < -0.4 is 11.0 Å². The summed E-state index contributed by atoms with van der Waals surface area (Å²) in [5.41, 5.74) is 4.36. The van der Waals surface area contributed by atoms with E-state index in [1.807, 2.05) is 29.7 Å². The number of nitrogens with one attached hydrogen (secondary N) is 1. The van der Waals surface area contributed by atoms with Crippen LogP contribution in [0.4, 0.5) is 11.6 Å². The first-order chi connectivity index (χ1) is 14.5. The molecular weight excluding hydrogens is 378 g/mol. The lowest BCUT2D eigenvalue weighted by Gasteiger charge is -2.29. The molecule has 0 saturated carbocycles. The minimum absolute atomic E-state index is 0.0287. The molecular formula is C22H25N7O. The van der Waals surface area contributed by atoms with Gasteiger partial charge < -0.3 is 10.2 Å². The SMILES string of the molecule is Cc1cc2ncccc2cc1Nc1ncc2c(n1)n(C1CCN(C)CC1)c(=O)n2C. The summed E-state index contributed by atoms with van der Waals surface area (Å²) in [6.07, 6.45) is 5.41. The summed E-state index contributed by atoms with van der Waals surface area (Å²) in [6.45, 7) is 3.99. The van der Waals surface area contributed by atoms with Gasteiger partial charge in [0.2, 0.25) is 5.95 Å². The second-order valence-corrected chi connectivity index (χ2v) is 8.14. The van der Waals surface area contributed by atoms with Crippen LogP contribution in [0.2, 0.25) is 0 Å². The summed E-state index contributed by atoms with van der Waals surface area (Å²) in [6, 6.07) is 8.22.